The topological polar surface area (TPSA) is 89.3 Å². The Hall–Kier alpha value is -0.820. The maximum absolute atomic E-state index is 11.8. The Morgan fingerprint density at radius 1 is 1.37 bits per heavy atom. The van der Waals surface area contributed by atoms with E-state index in [0.717, 1.165) is 0 Å². The minimum absolute atomic E-state index is 0.0245. The van der Waals surface area contributed by atoms with Gasteiger partial charge in [-0.3, -0.25) is 4.79 Å². The van der Waals surface area contributed by atoms with E-state index in [0.29, 0.717) is 15.6 Å². The van der Waals surface area contributed by atoms with Crippen molar-refractivity contribution in [2.24, 2.45) is 5.14 Å². The molecule has 5 nitrogen and oxygen atoms in total. The Morgan fingerprint density at radius 2 is 2.00 bits per heavy atom. The number of rotatable bonds is 5. The standard InChI is InChI=1S/C11H14Cl2N2O3S/c1-7(8-2-3-9(12)10(13)6-8)11(16)15-4-5-19(14,17)18/h2-3,6-7H,4-5H2,1H3,(H,15,16)(H2,14,17,18). The Balaban J connectivity index is 2.64. The molecule has 1 rings (SSSR count). The first-order valence-corrected chi connectivity index (χ1v) is 7.91. The molecule has 1 atom stereocenters. The lowest BCUT2D eigenvalue weighted by molar-refractivity contribution is -0.122. The van der Waals surface area contributed by atoms with Gasteiger partial charge in [0.1, 0.15) is 0 Å². The van der Waals surface area contributed by atoms with Gasteiger partial charge in [-0.05, 0) is 24.6 Å². The average molecular weight is 325 g/mol. The molecule has 0 saturated heterocycles. The monoisotopic (exact) mass is 324 g/mol. The summed E-state index contributed by atoms with van der Waals surface area (Å²) in [7, 11) is -3.58. The van der Waals surface area contributed by atoms with Crippen molar-refractivity contribution in [1.29, 1.82) is 0 Å². The van der Waals surface area contributed by atoms with Crippen molar-refractivity contribution in [2.75, 3.05) is 12.3 Å². The van der Waals surface area contributed by atoms with E-state index in [1.165, 1.54) is 0 Å². The van der Waals surface area contributed by atoms with Crippen LogP contribution in [0.2, 0.25) is 10.0 Å². The summed E-state index contributed by atoms with van der Waals surface area (Å²) in [6.07, 6.45) is 0. The fourth-order valence-corrected chi connectivity index (χ4v) is 2.10. The Labute approximate surface area is 122 Å². The average Bonchev–Trinajstić information content (AvgIpc) is 2.30. The number of nitrogens with two attached hydrogens (primary N) is 1. The molecule has 1 unspecified atom stereocenters. The van der Waals surface area contributed by atoms with Crippen molar-refractivity contribution in [3.8, 4) is 0 Å². The first kappa shape index (κ1) is 16.2. The molecule has 0 fully saturated rings. The van der Waals surface area contributed by atoms with Gasteiger partial charge < -0.3 is 5.32 Å². The third-order valence-corrected chi connectivity index (χ3v) is 4.03. The van der Waals surface area contributed by atoms with Crippen molar-refractivity contribution >= 4 is 39.1 Å². The molecule has 0 radical (unpaired) electrons. The van der Waals surface area contributed by atoms with Gasteiger partial charge >= 0.3 is 0 Å². The van der Waals surface area contributed by atoms with Gasteiger partial charge in [-0.1, -0.05) is 29.3 Å². The van der Waals surface area contributed by atoms with Crippen molar-refractivity contribution in [3.05, 3.63) is 33.8 Å². The van der Waals surface area contributed by atoms with Crippen LogP contribution < -0.4 is 10.5 Å². The zero-order valence-corrected chi connectivity index (χ0v) is 12.5. The molecule has 0 spiro atoms. The SMILES string of the molecule is CC(C(=O)NCCS(N)(=O)=O)c1ccc(Cl)c(Cl)c1. The summed E-state index contributed by atoms with van der Waals surface area (Å²) in [5, 5.41) is 8.11. The van der Waals surface area contributed by atoms with Crippen molar-refractivity contribution in [2.45, 2.75) is 12.8 Å². The van der Waals surface area contributed by atoms with Crippen LogP contribution in [0, 0.1) is 0 Å². The van der Waals surface area contributed by atoms with E-state index < -0.39 is 15.9 Å². The summed E-state index contributed by atoms with van der Waals surface area (Å²) < 4.78 is 21.5. The van der Waals surface area contributed by atoms with Crippen LogP contribution in [0.4, 0.5) is 0 Å². The van der Waals surface area contributed by atoms with Crippen LogP contribution in [0.5, 0.6) is 0 Å². The van der Waals surface area contributed by atoms with Gasteiger partial charge in [0.2, 0.25) is 15.9 Å². The second-order valence-electron chi connectivity index (χ2n) is 4.05. The zero-order valence-electron chi connectivity index (χ0n) is 10.2. The highest BCUT2D eigenvalue weighted by Crippen LogP contribution is 2.26. The maximum Gasteiger partial charge on any atom is 0.227 e. The van der Waals surface area contributed by atoms with E-state index in [9.17, 15) is 13.2 Å². The molecular weight excluding hydrogens is 311 g/mol. The lowest BCUT2D eigenvalue weighted by Crippen LogP contribution is -2.33. The highest BCUT2D eigenvalue weighted by Gasteiger charge is 2.16. The Kier molecular flexibility index (Phi) is 5.61. The van der Waals surface area contributed by atoms with E-state index in [4.69, 9.17) is 28.3 Å². The molecule has 1 aromatic carbocycles. The molecule has 0 bridgehead atoms. The van der Waals surface area contributed by atoms with Crippen LogP contribution in [-0.4, -0.2) is 26.6 Å². The summed E-state index contributed by atoms with van der Waals surface area (Å²) in [4.78, 5) is 11.8. The molecule has 19 heavy (non-hydrogen) atoms. The number of benzene rings is 1. The number of hydrogen-bond donors (Lipinski definition) is 2. The number of primary sulfonamides is 1. The fourth-order valence-electron chi connectivity index (χ4n) is 1.40. The van der Waals surface area contributed by atoms with Crippen molar-refractivity contribution < 1.29 is 13.2 Å². The molecule has 8 heteroatoms. The van der Waals surface area contributed by atoms with Gasteiger partial charge in [-0.15, -0.1) is 0 Å². The maximum atomic E-state index is 11.8. The van der Waals surface area contributed by atoms with Gasteiger partial charge in [-0.2, -0.15) is 0 Å². The van der Waals surface area contributed by atoms with Gasteiger partial charge in [0.05, 0.1) is 21.7 Å². The summed E-state index contributed by atoms with van der Waals surface area (Å²) in [6.45, 7) is 1.66. The molecule has 0 aliphatic rings. The summed E-state index contributed by atoms with van der Waals surface area (Å²) >= 11 is 11.7. The molecule has 0 aliphatic heterocycles. The van der Waals surface area contributed by atoms with Crippen LogP contribution in [0.1, 0.15) is 18.4 Å². The molecule has 0 heterocycles. The lowest BCUT2D eigenvalue weighted by Gasteiger charge is -2.13. The number of nitrogens with one attached hydrogen (secondary N) is 1. The molecule has 1 aromatic rings. The van der Waals surface area contributed by atoms with Crippen LogP contribution in [0.25, 0.3) is 0 Å². The molecular formula is C11H14Cl2N2O3S. The third-order valence-electron chi connectivity index (χ3n) is 2.52. The summed E-state index contributed by atoms with van der Waals surface area (Å²) in [5.74, 6) is -1.07. The molecule has 3 N–H and O–H groups in total. The minimum Gasteiger partial charge on any atom is -0.355 e. The molecule has 106 valence electrons. The number of carbonyl (C=O) groups is 1. The van der Waals surface area contributed by atoms with Gasteiger partial charge in [0.25, 0.3) is 0 Å². The van der Waals surface area contributed by atoms with Gasteiger partial charge in [0.15, 0.2) is 0 Å². The zero-order chi connectivity index (χ0) is 14.6. The van der Waals surface area contributed by atoms with Crippen LogP contribution in [0.3, 0.4) is 0 Å². The number of sulfonamides is 1. The predicted molar refractivity (Wildman–Crippen MR) is 75.9 cm³/mol. The number of halogens is 2. The number of hydrogen-bond acceptors (Lipinski definition) is 3. The smallest absolute Gasteiger partial charge is 0.227 e. The summed E-state index contributed by atoms with van der Waals surface area (Å²) in [6, 6.07) is 4.90. The molecule has 0 aromatic heterocycles. The van der Waals surface area contributed by atoms with E-state index in [1.807, 2.05) is 0 Å². The highest BCUT2D eigenvalue weighted by atomic mass is 35.5. The first-order chi connectivity index (χ1) is 8.70. The Bertz CT molecular complexity index is 575. The van der Waals surface area contributed by atoms with Crippen LogP contribution >= 0.6 is 23.2 Å². The van der Waals surface area contributed by atoms with Gasteiger partial charge in [-0.25, -0.2) is 13.6 Å². The third kappa shape index (κ3) is 5.36. The largest absolute Gasteiger partial charge is 0.355 e. The predicted octanol–water partition coefficient (Wildman–Crippen LogP) is 1.50. The fraction of sp³-hybridized carbons (Fsp3) is 0.364. The van der Waals surface area contributed by atoms with E-state index in [2.05, 4.69) is 5.32 Å². The lowest BCUT2D eigenvalue weighted by atomic mass is 10.0. The first-order valence-electron chi connectivity index (χ1n) is 5.44. The number of amides is 1. The van der Waals surface area contributed by atoms with Crippen LogP contribution in [-0.2, 0) is 14.8 Å². The molecule has 0 aliphatic carbocycles. The molecule has 0 saturated carbocycles. The minimum atomic E-state index is -3.58. The number of carbonyl (C=O) groups excluding carboxylic acids is 1. The van der Waals surface area contributed by atoms with Crippen LogP contribution in [0.15, 0.2) is 18.2 Å². The Morgan fingerprint density at radius 3 is 2.53 bits per heavy atom. The van der Waals surface area contributed by atoms with E-state index in [-0.39, 0.29) is 18.2 Å². The summed E-state index contributed by atoms with van der Waals surface area (Å²) in [5.41, 5.74) is 0.697. The van der Waals surface area contributed by atoms with Crippen molar-refractivity contribution in [3.63, 3.8) is 0 Å². The quantitative estimate of drug-likeness (QED) is 0.860. The second kappa shape index (κ2) is 6.56. The normalized spacial score (nSPS) is 13.1. The van der Waals surface area contributed by atoms with E-state index >= 15 is 0 Å². The molecule has 1 amide bonds. The second-order valence-corrected chi connectivity index (χ2v) is 6.60. The highest BCUT2D eigenvalue weighted by molar-refractivity contribution is 7.89. The van der Waals surface area contributed by atoms with E-state index in [1.54, 1.807) is 25.1 Å². The van der Waals surface area contributed by atoms with Gasteiger partial charge in [0, 0.05) is 6.54 Å². The van der Waals surface area contributed by atoms with Crippen molar-refractivity contribution in [1.82, 2.24) is 5.32 Å².